The van der Waals surface area contributed by atoms with Gasteiger partial charge in [0.2, 0.25) is 0 Å². The molecule has 2 heterocycles. The first kappa shape index (κ1) is 18.0. The van der Waals surface area contributed by atoms with Crippen molar-refractivity contribution in [3.05, 3.63) is 40.5 Å². The molecule has 25 heavy (non-hydrogen) atoms. The highest BCUT2D eigenvalue weighted by Gasteiger charge is 2.23. The summed E-state index contributed by atoms with van der Waals surface area (Å²) in [5, 5.41) is 4.76. The van der Waals surface area contributed by atoms with Crippen LogP contribution in [0.5, 0.6) is 0 Å². The molecule has 1 atom stereocenters. The first-order valence-corrected chi connectivity index (χ1v) is 9.15. The number of halogens is 1. The third-order valence-corrected chi connectivity index (χ3v) is 5.12. The van der Waals surface area contributed by atoms with Crippen molar-refractivity contribution < 1.29 is 9.53 Å². The van der Waals surface area contributed by atoms with Crippen molar-refractivity contribution in [3.8, 4) is 0 Å². The van der Waals surface area contributed by atoms with E-state index in [0.717, 1.165) is 53.1 Å². The van der Waals surface area contributed by atoms with Crippen LogP contribution in [0.2, 0.25) is 5.02 Å². The fourth-order valence-electron chi connectivity index (χ4n) is 3.39. The molecule has 1 saturated heterocycles. The van der Waals surface area contributed by atoms with E-state index in [-0.39, 0.29) is 12.1 Å². The fraction of sp³-hybridized carbons (Fsp3) is 0.474. The van der Waals surface area contributed by atoms with Gasteiger partial charge < -0.3 is 10.1 Å². The van der Waals surface area contributed by atoms with Gasteiger partial charge in [0.1, 0.15) is 0 Å². The Morgan fingerprint density at radius 1 is 1.44 bits per heavy atom. The van der Waals surface area contributed by atoms with Gasteiger partial charge in [-0.15, -0.1) is 0 Å². The standard InChI is InChI=1S/C19H24ClN3O2/c1-3-25-19(24)21-14-7-6-10-23(11-14)12-17-18(20)13(2)15-8-4-5-9-16(15)22-17/h4-5,8-9,14H,3,6-7,10-12H2,1-2H3,(H,21,24)/t14-/m0/s1. The van der Waals surface area contributed by atoms with Gasteiger partial charge in [-0.3, -0.25) is 4.90 Å². The number of aromatic nitrogens is 1. The molecule has 1 aliphatic heterocycles. The molecule has 0 spiro atoms. The van der Waals surface area contributed by atoms with Gasteiger partial charge >= 0.3 is 6.09 Å². The number of aryl methyl sites for hydroxylation is 1. The highest BCUT2D eigenvalue weighted by molar-refractivity contribution is 6.32. The molecule has 6 heteroatoms. The number of ether oxygens (including phenoxy) is 1. The zero-order valence-electron chi connectivity index (χ0n) is 14.7. The van der Waals surface area contributed by atoms with E-state index in [9.17, 15) is 4.79 Å². The summed E-state index contributed by atoms with van der Waals surface area (Å²) in [6, 6.07) is 8.17. The Bertz CT molecular complexity index is 766. The number of amides is 1. The van der Waals surface area contributed by atoms with E-state index >= 15 is 0 Å². The highest BCUT2D eigenvalue weighted by Crippen LogP contribution is 2.28. The van der Waals surface area contributed by atoms with Gasteiger partial charge in [0.15, 0.2) is 0 Å². The lowest BCUT2D eigenvalue weighted by Crippen LogP contribution is -2.47. The Labute approximate surface area is 153 Å². The summed E-state index contributed by atoms with van der Waals surface area (Å²) in [4.78, 5) is 18.7. The van der Waals surface area contributed by atoms with Gasteiger partial charge in [0.25, 0.3) is 0 Å². The predicted molar refractivity (Wildman–Crippen MR) is 99.9 cm³/mol. The maximum absolute atomic E-state index is 11.6. The minimum atomic E-state index is -0.341. The Balaban J connectivity index is 1.72. The number of piperidine rings is 1. The zero-order valence-corrected chi connectivity index (χ0v) is 15.5. The number of para-hydroxylation sites is 1. The number of pyridine rings is 1. The molecule has 1 aromatic carbocycles. The van der Waals surface area contributed by atoms with Gasteiger partial charge in [-0.2, -0.15) is 0 Å². The SMILES string of the molecule is CCOC(=O)N[C@H]1CCCN(Cc2nc3ccccc3c(C)c2Cl)C1. The molecular weight excluding hydrogens is 338 g/mol. The average molecular weight is 362 g/mol. The van der Waals surface area contributed by atoms with Crippen molar-refractivity contribution in [2.45, 2.75) is 39.3 Å². The average Bonchev–Trinajstić information content (AvgIpc) is 2.60. The van der Waals surface area contributed by atoms with Crippen molar-refractivity contribution in [2.75, 3.05) is 19.7 Å². The Hall–Kier alpha value is -1.85. The van der Waals surface area contributed by atoms with Crippen LogP contribution in [0.25, 0.3) is 10.9 Å². The van der Waals surface area contributed by atoms with Gasteiger partial charge in [-0.05, 0) is 44.9 Å². The van der Waals surface area contributed by atoms with Crippen molar-refractivity contribution in [1.82, 2.24) is 15.2 Å². The maximum atomic E-state index is 11.6. The van der Waals surface area contributed by atoms with Crippen molar-refractivity contribution >= 4 is 28.6 Å². The van der Waals surface area contributed by atoms with Crippen LogP contribution >= 0.6 is 11.6 Å². The van der Waals surface area contributed by atoms with E-state index in [1.165, 1.54) is 0 Å². The number of nitrogens with zero attached hydrogens (tertiary/aromatic N) is 2. The third kappa shape index (κ3) is 4.22. The molecule has 0 unspecified atom stereocenters. The minimum Gasteiger partial charge on any atom is -0.450 e. The number of nitrogens with one attached hydrogen (secondary N) is 1. The number of likely N-dealkylation sites (tertiary alicyclic amines) is 1. The summed E-state index contributed by atoms with van der Waals surface area (Å²) in [5.74, 6) is 0. The lowest BCUT2D eigenvalue weighted by molar-refractivity contribution is 0.132. The van der Waals surface area contributed by atoms with Crippen molar-refractivity contribution in [1.29, 1.82) is 0 Å². The molecule has 2 aromatic rings. The maximum Gasteiger partial charge on any atom is 0.407 e. The lowest BCUT2D eigenvalue weighted by atomic mass is 10.0. The number of fused-ring (bicyclic) bond motifs is 1. The Kier molecular flexibility index (Phi) is 5.76. The van der Waals surface area contributed by atoms with Crippen LogP contribution in [0, 0.1) is 6.92 Å². The van der Waals surface area contributed by atoms with Crippen LogP contribution in [0.3, 0.4) is 0 Å². The number of carbonyl (C=O) groups is 1. The fourth-order valence-corrected chi connectivity index (χ4v) is 3.59. The summed E-state index contributed by atoms with van der Waals surface area (Å²) in [7, 11) is 0. The van der Waals surface area contributed by atoms with Crippen LogP contribution in [0.15, 0.2) is 24.3 Å². The van der Waals surface area contributed by atoms with E-state index < -0.39 is 0 Å². The summed E-state index contributed by atoms with van der Waals surface area (Å²) in [6.07, 6.45) is 1.65. The second-order valence-corrected chi connectivity index (χ2v) is 6.83. The molecule has 3 rings (SSSR count). The van der Waals surface area contributed by atoms with E-state index in [1.807, 2.05) is 38.1 Å². The first-order chi connectivity index (χ1) is 12.1. The highest BCUT2D eigenvalue weighted by atomic mass is 35.5. The van der Waals surface area contributed by atoms with Gasteiger partial charge in [0, 0.05) is 24.5 Å². The molecule has 1 aromatic heterocycles. The molecule has 1 aliphatic rings. The monoisotopic (exact) mass is 361 g/mol. The van der Waals surface area contributed by atoms with E-state index in [1.54, 1.807) is 0 Å². The van der Waals surface area contributed by atoms with Gasteiger partial charge in [0.05, 0.1) is 22.8 Å². The smallest absolute Gasteiger partial charge is 0.407 e. The summed E-state index contributed by atoms with van der Waals surface area (Å²) in [6.45, 7) is 6.68. The molecule has 134 valence electrons. The first-order valence-electron chi connectivity index (χ1n) is 8.77. The second kappa shape index (κ2) is 8.02. The van der Waals surface area contributed by atoms with Crippen LogP contribution in [0.1, 0.15) is 31.0 Å². The van der Waals surface area contributed by atoms with Gasteiger partial charge in [-0.1, -0.05) is 29.8 Å². The molecule has 0 aliphatic carbocycles. The van der Waals surface area contributed by atoms with Crippen LogP contribution in [-0.4, -0.2) is 41.7 Å². The molecule has 5 nitrogen and oxygen atoms in total. The van der Waals surface area contributed by atoms with Crippen molar-refractivity contribution in [3.63, 3.8) is 0 Å². The quantitative estimate of drug-likeness (QED) is 0.897. The van der Waals surface area contributed by atoms with Crippen LogP contribution < -0.4 is 5.32 Å². The Morgan fingerprint density at radius 3 is 3.04 bits per heavy atom. The number of alkyl carbamates (subject to hydrolysis) is 1. The molecule has 1 amide bonds. The van der Waals surface area contributed by atoms with E-state index in [0.29, 0.717) is 13.2 Å². The molecular formula is C19H24ClN3O2. The summed E-state index contributed by atoms with van der Waals surface area (Å²) < 4.78 is 4.98. The number of carbonyl (C=O) groups excluding carboxylic acids is 1. The molecule has 0 saturated carbocycles. The van der Waals surface area contributed by atoms with Crippen molar-refractivity contribution in [2.24, 2.45) is 0 Å². The van der Waals surface area contributed by atoms with E-state index in [4.69, 9.17) is 21.3 Å². The normalized spacial score (nSPS) is 18.3. The lowest BCUT2D eigenvalue weighted by Gasteiger charge is -2.32. The third-order valence-electron chi connectivity index (χ3n) is 4.62. The Morgan fingerprint density at radius 2 is 2.24 bits per heavy atom. The number of hydrogen-bond donors (Lipinski definition) is 1. The largest absolute Gasteiger partial charge is 0.450 e. The topological polar surface area (TPSA) is 54.5 Å². The summed E-state index contributed by atoms with van der Waals surface area (Å²) in [5.41, 5.74) is 2.94. The molecule has 0 bridgehead atoms. The summed E-state index contributed by atoms with van der Waals surface area (Å²) >= 11 is 6.57. The van der Waals surface area contributed by atoms with Gasteiger partial charge in [-0.25, -0.2) is 9.78 Å². The number of hydrogen-bond acceptors (Lipinski definition) is 4. The number of rotatable bonds is 4. The number of benzene rings is 1. The molecule has 0 radical (unpaired) electrons. The minimum absolute atomic E-state index is 0.105. The predicted octanol–water partition coefficient (Wildman–Crippen LogP) is 3.91. The van der Waals surface area contributed by atoms with E-state index in [2.05, 4.69) is 10.2 Å². The zero-order chi connectivity index (χ0) is 17.8. The van der Waals surface area contributed by atoms with Crippen LogP contribution in [-0.2, 0) is 11.3 Å². The molecule has 1 fully saturated rings. The van der Waals surface area contributed by atoms with Crippen LogP contribution in [0.4, 0.5) is 4.79 Å². The second-order valence-electron chi connectivity index (χ2n) is 6.45. The molecule has 1 N–H and O–H groups in total.